The van der Waals surface area contributed by atoms with Gasteiger partial charge in [-0.3, -0.25) is 0 Å². The van der Waals surface area contributed by atoms with Gasteiger partial charge in [0.25, 0.3) is 0 Å². The highest BCUT2D eigenvalue weighted by Gasteiger charge is 2.25. The van der Waals surface area contributed by atoms with Crippen molar-refractivity contribution in [2.24, 2.45) is 5.92 Å². The van der Waals surface area contributed by atoms with E-state index in [-0.39, 0.29) is 0 Å². The smallest absolute Gasteiger partial charge is 0.0349 e. The van der Waals surface area contributed by atoms with Crippen molar-refractivity contribution in [1.82, 2.24) is 5.32 Å². The molecule has 2 rings (SSSR count). The first-order valence-corrected chi connectivity index (χ1v) is 5.49. The van der Waals surface area contributed by atoms with E-state index in [0.717, 1.165) is 5.92 Å². The molecule has 76 valence electrons. The quantitative estimate of drug-likeness (QED) is 0.716. The van der Waals surface area contributed by atoms with Gasteiger partial charge in [-0.05, 0) is 43.9 Å². The molecule has 0 saturated carbocycles. The van der Waals surface area contributed by atoms with E-state index in [1.54, 1.807) is 0 Å². The Morgan fingerprint density at radius 3 is 2.71 bits per heavy atom. The minimum atomic E-state index is 0.579. The zero-order chi connectivity index (χ0) is 10.1. The zero-order valence-corrected chi connectivity index (χ0v) is 9.30. The first kappa shape index (κ1) is 9.72. The maximum absolute atomic E-state index is 3.59. The lowest BCUT2D eigenvalue weighted by Crippen LogP contribution is -2.17. The Morgan fingerprint density at radius 2 is 2.07 bits per heavy atom. The lowest BCUT2D eigenvalue weighted by Gasteiger charge is -2.19. The molecule has 1 aliphatic rings. The first-order valence-electron chi connectivity index (χ1n) is 5.49. The molecule has 0 radical (unpaired) electrons. The average molecular weight is 189 g/mol. The highest BCUT2D eigenvalue weighted by atomic mass is 14.9. The lowest BCUT2D eigenvalue weighted by atomic mass is 9.92. The number of nitrogens with one attached hydrogen (secondary N) is 1. The van der Waals surface area contributed by atoms with Crippen LogP contribution in [0.1, 0.15) is 36.1 Å². The van der Waals surface area contributed by atoms with Gasteiger partial charge < -0.3 is 5.32 Å². The molecule has 0 amide bonds. The third-order valence-electron chi connectivity index (χ3n) is 3.30. The number of benzene rings is 1. The molecule has 1 saturated heterocycles. The van der Waals surface area contributed by atoms with Gasteiger partial charge in [-0.25, -0.2) is 0 Å². The van der Waals surface area contributed by atoms with Crippen LogP contribution < -0.4 is 5.32 Å². The summed E-state index contributed by atoms with van der Waals surface area (Å²) in [4.78, 5) is 0. The second-order valence-electron chi connectivity index (χ2n) is 4.56. The molecule has 1 fully saturated rings. The monoisotopic (exact) mass is 189 g/mol. The van der Waals surface area contributed by atoms with E-state index < -0.39 is 0 Å². The van der Waals surface area contributed by atoms with Crippen LogP contribution in [-0.4, -0.2) is 6.54 Å². The molecule has 1 heterocycles. The van der Waals surface area contributed by atoms with Crippen LogP contribution >= 0.6 is 0 Å². The SMILES string of the molecule is Cc1ccc(C)c([C@@H]2NCC[C@H]2C)c1. The summed E-state index contributed by atoms with van der Waals surface area (Å²) >= 11 is 0. The summed E-state index contributed by atoms with van der Waals surface area (Å²) in [5.74, 6) is 0.774. The summed E-state index contributed by atoms with van der Waals surface area (Å²) in [7, 11) is 0. The van der Waals surface area contributed by atoms with Crippen LogP contribution in [0.15, 0.2) is 18.2 Å². The normalized spacial score (nSPS) is 26.8. The van der Waals surface area contributed by atoms with Crippen molar-refractivity contribution in [2.75, 3.05) is 6.54 Å². The second-order valence-corrected chi connectivity index (χ2v) is 4.56. The van der Waals surface area contributed by atoms with Crippen molar-refractivity contribution >= 4 is 0 Å². The Morgan fingerprint density at radius 1 is 1.29 bits per heavy atom. The number of rotatable bonds is 1. The molecule has 0 unspecified atom stereocenters. The van der Waals surface area contributed by atoms with E-state index in [0.29, 0.717) is 6.04 Å². The van der Waals surface area contributed by atoms with E-state index in [4.69, 9.17) is 0 Å². The summed E-state index contributed by atoms with van der Waals surface area (Å²) < 4.78 is 0. The van der Waals surface area contributed by atoms with Crippen LogP contribution in [0.4, 0.5) is 0 Å². The highest BCUT2D eigenvalue weighted by Crippen LogP contribution is 2.31. The molecular formula is C13H19N. The van der Waals surface area contributed by atoms with Gasteiger partial charge in [0.05, 0.1) is 0 Å². The molecule has 0 bridgehead atoms. The van der Waals surface area contributed by atoms with Crippen LogP contribution in [0.3, 0.4) is 0 Å². The molecule has 1 nitrogen and oxygen atoms in total. The van der Waals surface area contributed by atoms with Crippen LogP contribution in [-0.2, 0) is 0 Å². The van der Waals surface area contributed by atoms with Crippen molar-refractivity contribution in [1.29, 1.82) is 0 Å². The molecule has 1 aliphatic heterocycles. The average Bonchev–Trinajstić information content (AvgIpc) is 2.56. The first-order chi connectivity index (χ1) is 6.68. The maximum atomic E-state index is 3.59. The number of hydrogen-bond donors (Lipinski definition) is 1. The predicted molar refractivity (Wildman–Crippen MR) is 60.4 cm³/mol. The maximum Gasteiger partial charge on any atom is 0.0349 e. The molecule has 1 heteroatoms. The van der Waals surface area contributed by atoms with E-state index >= 15 is 0 Å². The van der Waals surface area contributed by atoms with Crippen LogP contribution in [0.2, 0.25) is 0 Å². The Labute approximate surface area is 86.5 Å². The summed E-state index contributed by atoms with van der Waals surface area (Å²) in [5, 5.41) is 3.59. The van der Waals surface area contributed by atoms with Gasteiger partial charge >= 0.3 is 0 Å². The Hall–Kier alpha value is -0.820. The topological polar surface area (TPSA) is 12.0 Å². The van der Waals surface area contributed by atoms with E-state index in [1.807, 2.05) is 0 Å². The van der Waals surface area contributed by atoms with Crippen LogP contribution in [0, 0.1) is 19.8 Å². The van der Waals surface area contributed by atoms with Crippen molar-refractivity contribution in [3.05, 3.63) is 34.9 Å². The second kappa shape index (κ2) is 3.74. The van der Waals surface area contributed by atoms with Gasteiger partial charge in [0, 0.05) is 6.04 Å². The Bertz CT molecular complexity index is 330. The third kappa shape index (κ3) is 1.69. The number of hydrogen-bond acceptors (Lipinski definition) is 1. The van der Waals surface area contributed by atoms with Gasteiger partial charge in [-0.1, -0.05) is 30.7 Å². The molecule has 0 aliphatic carbocycles. The zero-order valence-electron chi connectivity index (χ0n) is 9.30. The summed E-state index contributed by atoms with van der Waals surface area (Å²) in [6.45, 7) is 7.88. The van der Waals surface area contributed by atoms with E-state index in [2.05, 4.69) is 44.3 Å². The van der Waals surface area contributed by atoms with Crippen molar-refractivity contribution in [3.8, 4) is 0 Å². The van der Waals surface area contributed by atoms with Crippen molar-refractivity contribution < 1.29 is 0 Å². The fraction of sp³-hybridized carbons (Fsp3) is 0.538. The van der Waals surface area contributed by atoms with Crippen LogP contribution in [0.25, 0.3) is 0 Å². The highest BCUT2D eigenvalue weighted by molar-refractivity contribution is 5.33. The van der Waals surface area contributed by atoms with Gasteiger partial charge in [0.1, 0.15) is 0 Å². The van der Waals surface area contributed by atoms with Gasteiger partial charge in [-0.2, -0.15) is 0 Å². The van der Waals surface area contributed by atoms with Crippen LogP contribution in [0.5, 0.6) is 0 Å². The van der Waals surface area contributed by atoms with Crippen molar-refractivity contribution in [2.45, 2.75) is 33.2 Å². The summed E-state index contributed by atoms with van der Waals surface area (Å²) in [5.41, 5.74) is 4.28. The fourth-order valence-electron chi connectivity index (χ4n) is 2.35. The minimum absolute atomic E-state index is 0.579. The molecule has 1 aromatic rings. The van der Waals surface area contributed by atoms with Gasteiger partial charge in [0.2, 0.25) is 0 Å². The standard InChI is InChI=1S/C13H19N/c1-9-4-5-10(2)12(8-9)13-11(3)6-7-14-13/h4-5,8,11,13-14H,6-7H2,1-3H3/t11-,13-/m1/s1. The summed E-state index contributed by atoms with van der Waals surface area (Å²) in [6.07, 6.45) is 1.30. The molecule has 1 N–H and O–H groups in total. The Balaban J connectivity index is 2.34. The predicted octanol–water partition coefficient (Wildman–Crippen LogP) is 2.97. The molecule has 0 spiro atoms. The molecule has 14 heavy (non-hydrogen) atoms. The van der Waals surface area contributed by atoms with Gasteiger partial charge in [-0.15, -0.1) is 0 Å². The van der Waals surface area contributed by atoms with E-state index in [1.165, 1.54) is 29.7 Å². The van der Waals surface area contributed by atoms with Gasteiger partial charge in [0.15, 0.2) is 0 Å². The van der Waals surface area contributed by atoms with Crippen molar-refractivity contribution in [3.63, 3.8) is 0 Å². The lowest BCUT2D eigenvalue weighted by molar-refractivity contribution is 0.501. The largest absolute Gasteiger partial charge is 0.310 e. The molecule has 2 atom stereocenters. The molecule has 1 aromatic carbocycles. The Kier molecular flexibility index (Phi) is 2.60. The fourth-order valence-corrected chi connectivity index (χ4v) is 2.35. The minimum Gasteiger partial charge on any atom is -0.310 e. The molecular weight excluding hydrogens is 170 g/mol. The third-order valence-corrected chi connectivity index (χ3v) is 3.30. The van der Waals surface area contributed by atoms with E-state index in [9.17, 15) is 0 Å². The summed E-state index contributed by atoms with van der Waals surface area (Å²) in [6, 6.07) is 7.33. The molecule has 0 aromatic heterocycles. The number of aryl methyl sites for hydroxylation is 2.